The van der Waals surface area contributed by atoms with Gasteiger partial charge in [0.2, 0.25) is 0 Å². The maximum absolute atomic E-state index is 12.1. The van der Waals surface area contributed by atoms with Gasteiger partial charge in [-0.2, -0.15) is 0 Å². The third kappa shape index (κ3) is 4.69. The Balaban J connectivity index is 1.88. The summed E-state index contributed by atoms with van der Waals surface area (Å²) < 4.78 is 16.2. The number of rotatable bonds is 4. The molecule has 1 aliphatic rings. The predicted octanol–water partition coefficient (Wildman–Crippen LogP) is 3.10. The smallest absolute Gasteiger partial charge is 0.433 e. The molecule has 0 radical (unpaired) electrons. The standard InChI is InChI=1S/C15H22N2O6/c1-14(2,3)23-13(18)16-8-7-15(4,10-16)21-9-11-5-6-12(22-11)17(19)20/h5-6H,7-10H2,1-4H3. The molecule has 0 bridgehead atoms. The van der Waals surface area contributed by atoms with Gasteiger partial charge >= 0.3 is 12.0 Å². The molecule has 0 N–H and O–H groups in total. The molecular weight excluding hydrogens is 304 g/mol. The Morgan fingerprint density at radius 2 is 2.17 bits per heavy atom. The van der Waals surface area contributed by atoms with Gasteiger partial charge in [0, 0.05) is 6.54 Å². The van der Waals surface area contributed by atoms with Crippen LogP contribution in [0.1, 0.15) is 39.9 Å². The zero-order valence-electron chi connectivity index (χ0n) is 13.8. The van der Waals surface area contributed by atoms with E-state index in [9.17, 15) is 14.9 Å². The Morgan fingerprint density at radius 3 is 2.74 bits per heavy atom. The van der Waals surface area contributed by atoms with Gasteiger partial charge in [0.05, 0.1) is 18.2 Å². The van der Waals surface area contributed by atoms with Crippen LogP contribution in [-0.4, -0.2) is 40.2 Å². The van der Waals surface area contributed by atoms with E-state index >= 15 is 0 Å². The van der Waals surface area contributed by atoms with Crippen LogP contribution < -0.4 is 0 Å². The molecule has 0 aromatic carbocycles. The van der Waals surface area contributed by atoms with E-state index in [0.29, 0.717) is 25.3 Å². The number of carbonyl (C=O) groups is 1. The lowest BCUT2D eigenvalue weighted by Gasteiger charge is -2.27. The lowest BCUT2D eigenvalue weighted by Crippen LogP contribution is -2.39. The van der Waals surface area contributed by atoms with Gasteiger partial charge < -0.3 is 18.8 Å². The number of amides is 1. The second kappa shape index (κ2) is 6.19. The Bertz CT molecular complexity index is 591. The largest absolute Gasteiger partial charge is 0.444 e. The van der Waals surface area contributed by atoms with E-state index in [-0.39, 0.29) is 18.6 Å². The van der Waals surface area contributed by atoms with Gasteiger partial charge in [0.15, 0.2) is 0 Å². The van der Waals surface area contributed by atoms with Crippen LogP contribution in [0.2, 0.25) is 0 Å². The van der Waals surface area contributed by atoms with Crippen LogP contribution in [0.5, 0.6) is 0 Å². The van der Waals surface area contributed by atoms with Crippen LogP contribution in [0.4, 0.5) is 10.7 Å². The van der Waals surface area contributed by atoms with E-state index in [1.807, 2.05) is 27.7 Å². The fourth-order valence-electron chi connectivity index (χ4n) is 2.32. The SMILES string of the molecule is CC(C)(C)OC(=O)N1CCC(C)(OCc2ccc([N+](=O)[O-])o2)C1. The zero-order valence-corrected chi connectivity index (χ0v) is 13.8. The maximum Gasteiger partial charge on any atom is 0.433 e. The minimum atomic E-state index is -0.592. The van der Waals surface area contributed by atoms with Crippen molar-refractivity contribution >= 4 is 12.0 Å². The number of likely N-dealkylation sites (tertiary alicyclic amines) is 1. The third-order valence-electron chi connectivity index (χ3n) is 3.48. The molecule has 1 amide bonds. The second-order valence-corrected chi connectivity index (χ2v) is 6.89. The van der Waals surface area contributed by atoms with Crippen molar-refractivity contribution in [1.29, 1.82) is 0 Å². The summed E-state index contributed by atoms with van der Waals surface area (Å²) in [5.41, 5.74) is -1.07. The first-order valence-corrected chi connectivity index (χ1v) is 7.43. The molecule has 2 rings (SSSR count). The van der Waals surface area contributed by atoms with E-state index in [4.69, 9.17) is 13.9 Å². The van der Waals surface area contributed by atoms with Crippen LogP contribution in [0, 0.1) is 10.1 Å². The number of nitrogens with zero attached hydrogens (tertiary/aromatic N) is 2. The van der Waals surface area contributed by atoms with Gasteiger partial charge in [-0.1, -0.05) is 0 Å². The van der Waals surface area contributed by atoms with Gasteiger partial charge in [-0.15, -0.1) is 0 Å². The molecule has 1 aromatic heterocycles. The highest BCUT2D eigenvalue weighted by Crippen LogP contribution is 2.28. The Hall–Kier alpha value is -2.09. The molecule has 8 heteroatoms. The highest BCUT2D eigenvalue weighted by Gasteiger charge is 2.38. The maximum atomic E-state index is 12.1. The molecule has 1 atom stereocenters. The summed E-state index contributed by atoms with van der Waals surface area (Å²) in [6.07, 6.45) is 0.299. The molecule has 1 aliphatic heterocycles. The summed E-state index contributed by atoms with van der Waals surface area (Å²) in [5, 5.41) is 10.6. The fourth-order valence-corrected chi connectivity index (χ4v) is 2.32. The minimum Gasteiger partial charge on any atom is -0.444 e. The normalized spacial score (nSPS) is 21.5. The molecule has 0 saturated carbocycles. The van der Waals surface area contributed by atoms with Crippen molar-refractivity contribution < 1.29 is 23.6 Å². The van der Waals surface area contributed by atoms with Crippen molar-refractivity contribution in [3.8, 4) is 0 Å². The van der Waals surface area contributed by atoms with Crippen molar-refractivity contribution in [1.82, 2.24) is 4.90 Å². The van der Waals surface area contributed by atoms with Crippen LogP contribution in [-0.2, 0) is 16.1 Å². The quantitative estimate of drug-likeness (QED) is 0.623. The van der Waals surface area contributed by atoms with E-state index in [2.05, 4.69) is 0 Å². The number of hydrogen-bond donors (Lipinski definition) is 0. The lowest BCUT2D eigenvalue weighted by atomic mass is 10.1. The molecule has 1 unspecified atom stereocenters. The van der Waals surface area contributed by atoms with Crippen LogP contribution >= 0.6 is 0 Å². The molecule has 2 heterocycles. The Labute approximate surface area is 134 Å². The first-order chi connectivity index (χ1) is 10.6. The van der Waals surface area contributed by atoms with Crippen molar-refractivity contribution in [3.05, 3.63) is 28.0 Å². The average molecular weight is 326 g/mol. The van der Waals surface area contributed by atoms with E-state index in [1.165, 1.54) is 12.1 Å². The number of furan rings is 1. The monoisotopic (exact) mass is 326 g/mol. The molecule has 1 saturated heterocycles. The topological polar surface area (TPSA) is 95.0 Å². The van der Waals surface area contributed by atoms with Crippen molar-refractivity contribution in [3.63, 3.8) is 0 Å². The number of nitro groups is 1. The highest BCUT2D eigenvalue weighted by atomic mass is 16.6. The van der Waals surface area contributed by atoms with Gasteiger partial charge in [-0.05, 0) is 40.2 Å². The molecule has 1 aromatic rings. The van der Waals surface area contributed by atoms with Crippen LogP contribution in [0.15, 0.2) is 16.5 Å². The van der Waals surface area contributed by atoms with Crippen molar-refractivity contribution in [2.45, 2.75) is 51.9 Å². The average Bonchev–Trinajstić information content (AvgIpc) is 3.02. The van der Waals surface area contributed by atoms with Gasteiger partial charge in [0.25, 0.3) is 0 Å². The Kier molecular flexibility index (Phi) is 4.65. The molecular formula is C15H22N2O6. The zero-order chi connectivity index (χ0) is 17.3. The molecule has 1 fully saturated rings. The van der Waals surface area contributed by atoms with Crippen LogP contribution in [0.3, 0.4) is 0 Å². The summed E-state index contributed by atoms with van der Waals surface area (Å²) in [4.78, 5) is 23.7. The number of carbonyl (C=O) groups excluding carboxylic acids is 1. The predicted molar refractivity (Wildman–Crippen MR) is 81.0 cm³/mol. The third-order valence-corrected chi connectivity index (χ3v) is 3.48. The molecule has 0 aliphatic carbocycles. The lowest BCUT2D eigenvalue weighted by molar-refractivity contribution is -0.402. The first kappa shape index (κ1) is 17.3. The van der Waals surface area contributed by atoms with Gasteiger partial charge in [-0.3, -0.25) is 10.1 Å². The first-order valence-electron chi connectivity index (χ1n) is 7.43. The summed E-state index contributed by atoms with van der Waals surface area (Å²) in [6.45, 7) is 8.43. The molecule has 128 valence electrons. The summed E-state index contributed by atoms with van der Waals surface area (Å²) in [7, 11) is 0. The highest BCUT2D eigenvalue weighted by molar-refractivity contribution is 5.68. The van der Waals surface area contributed by atoms with Crippen LogP contribution in [0.25, 0.3) is 0 Å². The minimum absolute atomic E-state index is 0.118. The summed E-state index contributed by atoms with van der Waals surface area (Å²) in [6, 6.07) is 2.81. The Morgan fingerprint density at radius 1 is 1.48 bits per heavy atom. The summed E-state index contributed by atoms with van der Waals surface area (Å²) in [5.74, 6) is 0.0733. The van der Waals surface area contributed by atoms with Crippen molar-refractivity contribution in [2.24, 2.45) is 0 Å². The molecule has 23 heavy (non-hydrogen) atoms. The van der Waals surface area contributed by atoms with E-state index < -0.39 is 16.1 Å². The van der Waals surface area contributed by atoms with E-state index in [1.54, 1.807) is 4.90 Å². The fraction of sp³-hybridized carbons (Fsp3) is 0.667. The summed E-state index contributed by atoms with van der Waals surface area (Å²) >= 11 is 0. The number of hydrogen-bond acceptors (Lipinski definition) is 6. The van der Waals surface area contributed by atoms with Gasteiger partial charge in [-0.25, -0.2) is 4.79 Å². The molecule has 0 spiro atoms. The molecule has 8 nitrogen and oxygen atoms in total. The van der Waals surface area contributed by atoms with Gasteiger partial charge in [0.1, 0.15) is 22.9 Å². The van der Waals surface area contributed by atoms with E-state index in [0.717, 1.165) is 0 Å². The number of ether oxygens (including phenoxy) is 2. The van der Waals surface area contributed by atoms with Crippen molar-refractivity contribution in [2.75, 3.05) is 13.1 Å². The second-order valence-electron chi connectivity index (χ2n) is 6.89.